The third-order valence-corrected chi connectivity index (χ3v) is 9.83. The Morgan fingerprint density at radius 3 is 2.59 bits per heavy atom. The van der Waals surface area contributed by atoms with Crippen molar-refractivity contribution in [1.82, 2.24) is 5.32 Å². The van der Waals surface area contributed by atoms with Crippen molar-refractivity contribution in [3.8, 4) is 11.8 Å². The van der Waals surface area contributed by atoms with Crippen molar-refractivity contribution in [1.29, 1.82) is 5.26 Å². The van der Waals surface area contributed by atoms with Gasteiger partial charge in [0.2, 0.25) is 5.91 Å². The number of nitrogens with one attached hydrogen (secondary N) is 3. The minimum atomic E-state index is -0.514. The highest BCUT2D eigenvalue weighted by molar-refractivity contribution is 8.00. The lowest BCUT2D eigenvalue weighted by Crippen LogP contribution is -2.30. The van der Waals surface area contributed by atoms with Gasteiger partial charge in [-0.25, -0.2) is 0 Å². The van der Waals surface area contributed by atoms with Crippen molar-refractivity contribution in [3.63, 3.8) is 0 Å². The first kappa shape index (κ1) is 32.5. The minimum absolute atomic E-state index is 0.0502. The number of nitriles is 1. The van der Waals surface area contributed by atoms with Crippen molar-refractivity contribution >= 4 is 57.6 Å². The molecule has 1 aliphatic carbocycles. The number of hydrogen-bond acceptors (Lipinski definition) is 7. The van der Waals surface area contributed by atoms with E-state index in [1.807, 2.05) is 12.1 Å². The average molecular weight is 651 g/mol. The number of hydrogen-bond donors (Lipinski definition) is 3. The molecule has 3 amide bonds. The number of methoxy groups -OCH3 is 1. The summed E-state index contributed by atoms with van der Waals surface area (Å²) < 4.78 is 5.31. The molecule has 234 valence electrons. The van der Waals surface area contributed by atoms with Crippen molar-refractivity contribution in [2.45, 2.75) is 43.3 Å². The molecule has 2 atom stereocenters. The molecule has 0 spiro atoms. The van der Waals surface area contributed by atoms with E-state index in [0.29, 0.717) is 39.0 Å². The number of fused-ring (bicyclic) bond motifs is 1. The first-order valence-electron chi connectivity index (χ1n) is 14.9. The number of carbonyl (C=O) groups is 3. The maximum atomic E-state index is 13.5. The Hall–Kier alpha value is -4.85. The Balaban J connectivity index is 1.29. The molecular weight excluding hydrogens is 617 g/mol. The molecule has 4 aromatic rings. The van der Waals surface area contributed by atoms with Crippen LogP contribution in [0.3, 0.4) is 0 Å². The van der Waals surface area contributed by atoms with Gasteiger partial charge in [-0.05, 0) is 91.8 Å². The van der Waals surface area contributed by atoms with Crippen LogP contribution in [0.1, 0.15) is 52.2 Å². The molecule has 1 heterocycles. The smallest absolute Gasteiger partial charge is 0.272 e. The molecule has 5 rings (SSSR count). The Labute approximate surface area is 276 Å². The van der Waals surface area contributed by atoms with Gasteiger partial charge in [-0.15, -0.1) is 23.1 Å². The molecule has 0 radical (unpaired) electrons. The van der Waals surface area contributed by atoms with Crippen molar-refractivity contribution in [2.24, 2.45) is 5.92 Å². The number of nitrogens with zero attached hydrogens (tertiary/aromatic N) is 1. The Morgan fingerprint density at radius 2 is 1.83 bits per heavy atom. The lowest BCUT2D eigenvalue weighted by atomic mass is 9.89. The predicted molar refractivity (Wildman–Crippen MR) is 184 cm³/mol. The van der Waals surface area contributed by atoms with Crippen molar-refractivity contribution < 1.29 is 19.1 Å². The molecule has 1 aliphatic rings. The van der Waals surface area contributed by atoms with Crippen molar-refractivity contribution in [3.05, 3.63) is 112 Å². The molecule has 0 bridgehead atoms. The quantitative estimate of drug-likeness (QED) is 0.123. The monoisotopic (exact) mass is 650 g/mol. The van der Waals surface area contributed by atoms with E-state index in [1.54, 1.807) is 86.8 Å². The molecule has 8 nitrogen and oxygen atoms in total. The van der Waals surface area contributed by atoms with E-state index >= 15 is 0 Å². The normalized spacial score (nSPS) is 14.7. The fourth-order valence-corrected chi connectivity index (χ4v) is 7.40. The van der Waals surface area contributed by atoms with E-state index in [4.69, 9.17) is 4.74 Å². The summed E-state index contributed by atoms with van der Waals surface area (Å²) in [5.41, 5.74) is 3.29. The number of amides is 3. The second-order valence-electron chi connectivity index (χ2n) is 11.1. The molecule has 10 heteroatoms. The first-order valence-corrected chi connectivity index (χ1v) is 16.6. The molecule has 3 N–H and O–H groups in total. The van der Waals surface area contributed by atoms with Gasteiger partial charge < -0.3 is 20.7 Å². The summed E-state index contributed by atoms with van der Waals surface area (Å²) in [6, 6.07) is 25.3. The fourth-order valence-electron chi connectivity index (χ4n) is 5.11. The van der Waals surface area contributed by atoms with Gasteiger partial charge in [-0.2, -0.15) is 5.26 Å². The summed E-state index contributed by atoms with van der Waals surface area (Å²) in [4.78, 5) is 41.7. The predicted octanol–water partition coefficient (Wildman–Crippen LogP) is 7.28. The second kappa shape index (κ2) is 15.0. The Bertz CT molecular complexity index is 1830. The summed E-state index contributed by atoms with van der Waals surface area (Å²) in [5, 5.41) is 18.6. The third kappa shape index (κ3) is 8.05. The number of ether oxygens (including phenoxy) is 1. The number of benzene rings is 3. The standard InChI is InChI=1S/C36H34N4O4S2/c1-22-15-16-29-30(21-37)36(46-32(29)17-22)40-33(41)23(2)45-28-14-8-12-26(20-28)38-35(43)31(19-24-9-7-13-27(18-24)44-3)39-34(42)25-10-5-4-6-11-25/h4-14,18-20,22-23H,15-17H2,1-3H3,(H,38,43)(H,39,42)(H,40,41)/b31-19-. The van der Waals surface area contributed by atoms with Crippen LogP contribution < -0.4 is 20.7 Å². The topological polar surface area (TPSA) is 120 Å². The summed E-state index contributed by atoms with van der Waals surface area (Å²) in [7, 11) is 1.56. The van der Waals surface area contributed by atoms with Crippen LogP contribution in [-0.2, 0) is 22.4 Å². The van der Waals surface area contributed by atoms with Gasteiger partial charge in [-0.3, -0.25) is 14.4 Å². The summed E-state index contributed by atoms with van der Waals surface area (Å²) in [6.45, 7) is 4.02. The number of carbonyl (C=O) groups excluding carboxylic acids is 3. The molecule has 0 saturated carbocycles. The minimum Gasteiger partial charge on any atom is -0.497 e. The zero-order valence-corrected chi connectivity index (χ0v) is 27.4. The van der Waals surface area contributed by atoms with Crippen LogP contribution >= 0.6 is 23.1 Å². The van der Waals surface area contributed by atoms with E-state index < -0.39 is 17.1 Å². The average Bonchev–Trinajstić information content (AvgIpc) is 3.40. The van der Waals surface area contributed by atoms with Gasteiger partial charge in [0, 0.05) is 21.0 Å². The van der Waals surface area contributed by atoms with Gasteiger partial charge in [-0.1, -0.05) is 43.3 Å². The highest BCUT2D eigenvalue weighted by Gasteiger charge is 2.26. The molecule has 0 aliphatic heterocycles. The molecule has 2 unspecified atom stereocenters. The van der Waals surface area contributed by atoms with Gasteiger partial charge in [0.05, 0.1) is 17.9 Å². The maximum absolute atomic E-state index is 13.5. The van der Waals surface area contributed by atoms with Crippen LogP contribution in [0.4, 0.5) is 10.7 Å². The fraction of sp³-hybridized carbons (Fsp3) is 0.222. The third-order valence-electron chi connectivity index (χ3n) is 7.57. The van der Waals surface area contributed by atoms with Crippen LogP contribution in [0.15, 0.2) is 89.5 Å². The van der Waals surface area contributed by atoms with Crippen LogP contribution in [0, 0.1) is 17.2 Å². The van der Waals surface area contributed by atoms with Gasteiger partial charge in [0.15, 0.2) is 0 Å². The zero-order valence-electron chi connectivity index (χ0n) is 25.8. The van der Waals surface area contributed by atoms with Gasteiger partial charge in [0.25, 0.3) is 11.8 Å². The van der Waals surface area contributed by atoms with E-state index in [-0.39, 0.29) is 11.6 Å². The molecule has 46 heavy (non-hydrogen) atoms. The number of rotatable bonds is 10. The summed E-state index contributed by atoms with van der Waals surface area (Å²) >= 11 is 2.85. The second-order valence-corrected chi connectivity index (χ2v) is 13.6. The molecular formula is C36H34N4O4S2. The van der Waals surface area contributed by atoms with E-state index in [0.717, 1.165) is 29.7 Å². The molecule has 1 aromatic heterocycles. The lowest BCUT2D eigenvalue weighted by molar-refractivity contribution is -0.115. The van der Waals surface area contributed by atoms with E-state index in [2.05, 4.69) is 28.9 Å². The van der Waals surface area contributed by atoms with E-state index in [1.165, 1.54) is 28.0 Å². The number of thiophene rings is 1. The molecule has 3 aromatic carbocycles. The summed E-state index contributed by atoms with van der Waals surface area (Å²) in [5.74, 6) is 0.0458. The van der Waals surface area contributed by atoms with Gasteiger partial charge in [0.1, 0.15) is 22.5 Å². The first-order chi connectivity index (χ1) is 22.2. The Kier molecular flexibility index (Phi) is 10.6. The molecule has 0 fully saturated rings. The van der Waals surface area contributed by atoms with Crippen LogP contribution in [0.5, 0.6) is 5.75 Å². The lowest BCUT2D eigenvalue weighted by Gasteiger charge is -2.17. The highest BCUT2D eigenvalue weighted by atomic mass is 32.2. The largest absolute Gasteiger partial charge is 0.497 e. The van der Waals surface area contributed by atoms with Crippen molar-refractivity contribution in [2.75, 3.05) is 17.7 Å². The summed E-state index contributed by atoms with van der Waals surface area (Å²) in [6.07, 6.45) is 4.42. The Morgan fingerprint density at radius 1 is 1.04 bits per heavy atom. The van der Waals surface area contributed by atoms with Gasteiger partial charge >= 0.3 is 0 Å². The highest BCUT2D eigenvalue weighted by Crippen LogP contribution is 2.39. The maximum Gasteiger partial charge on any atom is 0.272 e. The SMILES string of the molecule is COc1cccc(/C=C(\NC(=O)c2ccccc2)C(=O)Nc2cccc(SC(C)C(=O)Nc3sc4c(c3C#N)CCC(C)C4)c2)c1. The molecule has 0 saturated heterocycles. The van der Waals surface area contributed by atoms with E-state index in [9.17, 15) is 19.6 Å². The number of anilines is 2. The van der Waals surface area contributed by atoms with Crippen LogP contribution in [0.25, 0.3) is 6.08 Å². The zero-order chi connectivity index (χ0) is 32.6. The van der Waals surface area contributed by atoms with Crippen LogP contribution in [-0.4, -0.2) is 30.1 Å². The number of thioether (sulfide) groups is 1. The van der Waals surface area contributed by atoms with Crippen LogP contribution in [0.2, 0.25) is 0 Å².